The van der Waals surface area contributed by atoms with Gasteiger partial charge in [0.1, 0.15) is 0 Å². The Morgan fingerprint density at radius 2 is 1.82 bits per heavy atom. The molecule has 1 heterocycles. The number of amides is 1. The van der Waals surface area contributed by atoms with Crippen LogP contribution < -0.4 is 10.0 Å². The van der Waals surface area contributed by atoms with Crippen molar-refractivity contribution >= 4 is 34.0 Å². The fourth-order valence-corrected chi connectivity index (χ4v) is 4.59. The number of aryl methyl sites for hydroxylation is 2. The first kappa shape index (κ1) is 22.2. The van der Waals surface area contributed by atoms with E-state index in [9.17, 15) is 13.2 Å². The van der Waals surface area contributed by atoms with Gasteiger partial charge in [-0.15, -0.1) is 12.4 Å². The Kier molecular flexibility index (Phi) is 7.09. The Morgan fingerprint density at radius 1 is 1.14 bits per heavy atom. The summed E-state index contributed by atoms with van der Waals surface area (Å²) in [5, 5.41) is 3.26. The Hall–Kier alpha value is -2.09. The smallest absolute Gasteiger partial charge is 0.262 e. The Morgan fingerprint density at radius 3 is 2.46 bits per heavy atom. The molecule has 1 fully saturated rings. The van der Waals surface area contributed by atoms with E-state index < -0.39 is 10.0 Å². The van der Waals surface area contributed by atoms with Gasteiger partial charge < -0.3 is 10.2 Å². The molecule has 8 heteroatoms. The number of nitrogens with one attached hydrogen (secondary N) is 2. The average Bonchev–Trinajstić information content (AvgIpc) is 2.64. The summed E-state index contributed by atoms with van der Waals surface area (Å²) in [4.78, 5) is 14.8. The number of sulfonamides is 1. The number of hydrogen-bond donors (Lipinski definition) is 2. The van der Waals surface area contributed by atoms with Gasteiger partial charge in [-0.05, 0) is 62.2 Å². The summed E-state index contributed by atoms with van der Waals surface area (Å²) < 4.78 is 28.0. The molecule has 28 heavy (non-hydrogen) atoms. The summed E-state index contributed by atoms with van der Waals surface area (Å²) >= 11 is 0. The number of carbonyl (C=O) groups excluding carboxylic acids is 1. The third-order valence-electron chi connectivity index (χ3n) is 4.78. The van der Waals surface area contributed by atoms with E-state index in [0.29, 0.717) is 23.4 Å². The zero-order chi connectivity index (χ0) is 19.6. The van der Waals surface area contributed by atoms with Crippen molar-refractivity contribution in [2.45, 2.75) is 31.7 Å². The van der Waals surface area contributed by atoms with Gasteiger partial charge in [0.2, 0.25) is 0 Å². The number of halogens is 1. The zero-order valence-electron chi connectivity index (χ0n) is 16.2. The standard InChI is InChI=1S/C20H25N3O3S.ClH/c1-14-4-5-15(2)19(12-14)27(25,26)22-18-8-6-17(7-9-18)20(24)23-11-10-21-13-16(23)3;/h4-9,12,16,21-22H,10-11,13H2,1-3H3;1H. The zero-order valence-corrected chi connectivity index (χ0v) is 17.9. The average molecular weight is 424 g/mol. The van der Waals surface area contributed by atoms with Gasteiger partial charge in [0, 0.05) is 36.9 Å². The highest BCUT2D eigenvalue weighted by Gasteiger charge is 2.24. The van der Waals surface area contributed by atoms with Crippen LogP contribution in [0.15, 0.2) is 47.4 Å². The molecule has 1 unspecified atom stereocenters. The minimum atomic E-state index is -3.68. The van der Waals surface area contributed by atoms with E-state index in [1.54, 1.807) is 43.3 Å². The summed E-state index contributed by atoms with van der Waals surface area (Å²) in [5.41, 5.74) is 2.55. The molecular formula is C20H26ClN3O3S. The number of benzene rings is 2. The largest absolute Gasteiger partial charge is 0.333 e. The minimum Gasteiger partial charge on any atom is -0.333 e. The van der Waals surface area contributed by atoms with Gasteiger partial charge in [0.25, 0.3) is 15.9 Å². The molecule has 1 aliphatic rings. The second kappa shape index (κ2) is 8.94. The van der Waals surface area contributed by atoms with Crippen molar-refractivity contribution in [3.05, 3.63) is 59.2 Å². The van der Waals surface area contributed by atoms with Crippen molar-refractivity contribution in [2.24, 2.45) is 0 Å². The number of rotatable bonds is 4. The highest BCUT2D eigenvalue weighted by molar-refractivity contribution is 7.92. The molecule has 0 saturated carbocycles. The number of hydrogen-bond acceptors (Lipinski definition) is 4. The van der Waals surface area contributed by atoms with Crippen LogP contribution in [0.2, 0.25) is 0 Å². The van der Waals surface area contributed by atoms with E-state index in [4.69, 9.17) is 0 Å². The molecule has 0 aromatic heterocycles. The molecule has 0 bridgehead atoms. The molecule has 1 atom stereocenters. The van der Waals surface area contributed by atoms with Gasteiger partial charge in [0.15, 0.2) is 0 Å². The molecule has 1 saturated heterocycles. The molecule has 0 spiro atoms. The van der Waals surface area contributed by atoms with Crippen molar-refractivity contribution in [1.82, 2.24) is 10.2 Å². The van der Waals surface area contributed by atoms with Crippen LogP contribution in [0.25, 0.3) is 0 Å². The molecule has 2 aromatic carbocycles. The van der Waals surface area contributed by atoms with Crippen LogP contribution in [-0.2, 0) is 10.0 Å². The lowest BCUT2D eigenvalue weighted by Crippen LogP contribution is -2.52. The van der Waals surface area contributed by atoms with Crippen molar-refractivity contribution in [3.63, 3.8) is 0 Å². The van der Waals surface area contributed by atoms with Crippen molar-refractivity contribution in [2.75, 3.05) is 24.4 Å². The summed E-state index contributed by atoms with van der Waals surface area (Å²) in [7, 11) is -3.68. The molecule has 1 amide bonds. The Balaban J connectivity index is 0.00000280. The number of nitrogens with zero attached hydrogens (tertiary/aromatic N) is 1. The van der Waals surface area contributed by atoms with Gasteiger partial charge in [0.05, 0.1) is 4.90 Å². The Bertz CT molecular complexity index is 946. The monoisotopic (exact) mass is 423 g/mol. The number of anilines is 1. The molecule has 0 aliphatic carbocycles. The van der Waals surface area contributed by atoms with Crippen LogP contribution in [0.5, 0.6) is 0 Å². The number of carbonyl (C=O) groups is 1. The van der Waals surface area contributed by atoms with E-state index in [0.717, 1.165) is 18.7 Å². The van der Waals surface area contributed by atoms with Gasteiger partial charge >= 0.3 is 0 Å². The summed E-state index contributed by atoms with van der Waals surface area (Å²) in [5.74, 6) is -0.0343. The van der Waals surface area contributed by atoms with Crippen LogP contribution in [-0.4, -0.2) is 44.9 Å². The van der Waals surface area contributed by atoms with Gasteiger partial charge in [-0.25, -0.2) is 8.42 Å². The lowest BCUT2D eigenvalue weighted by atomic mass is 10.1. The molecular weight excluding hydrogens is 398 g/mol. The topological polar surface area (TPSA) is 78.5 Å². The van der Waals surface area contributed by atoms with Crippen LogP contribution in [0.1, 0.15) is 28.4 Å². The highest BCUT2D eigenvalue weighted by atomic mass is 35.5. The van der Waals surface area contributed by atoms with E-state index in [1.807, 2.05) is 24.8 Å². The molecule has 1 aliphatic heterocycles. The van der Waals surface area contributed by atoms with Gasteiger partial charge in [-0.1, -0.05) is 12.1 Å². The van der Waals surface area contributed by atoms with Crippen LogP contribution >= 0.6 is 12.4 Å². The molecule has 2 N–H and O–H groups in total. The Labute approximate surface area is 172 Å². The summed E-state index contributed by atoms with van der Waals surface area (Å²) in [6.45, 7) is 7.86. The fourth-order valence-electron chi connectivity index (χ4n) is 3.20. The predicted molar refractivity (Wildman–Crippen MR) is 114 cm³/mol. The molecule has 152 valence electrons. The third-order valence-corrected chi connectivity index (χ3v) is 6.30. The van der Waals surface area contributed by atoms with Gasteiger partial charge in [-0.2, -0.15) is 0 Å². The van der Waals surface area contributed by atoms with Crippen molar-refractivity contribution in [1.29, 1.82) is 0 Å². The van der Waals surface area contributed by atoms with E-state index >= 15 is 0 Å². The molecule has 3 rings (SSSR count). The SMILES string of the molecule is Cc1ccc(C)c(S(=O)(=O)Nc2ccc(C(=O)N3CCNCC3C)cc2)c1.Cl. The number of piperazine rings is 1. The molecule has 6 nitrogen and oxygen atoms in total. The van der Waals surface area contributed by atoms with Crippen LogP contribution in [0.4, 0.5) is 5.69 Å². The van der Waals surface area contributed by atoms with Crippen molar-refractivity contribution in [3.8, 4) is 0 Å². The quantitative estimate of drug-likeness (QED) is 0.792. The highest BCUT2D eigenvalue weighted by Crippen LogP contribution is 2.21. The lowest BCUT2D eigenvalue weighted by molar-refractivity contribution is 0.0656. The first-order chi connectivity index (χ1) is 12.8. The summed E-state index contributed by atoms with van der Waals surface area (Å²) in [6, 6.07) is 12.0. The van der Waals surface area contributed by atoms with E-state index in [2.05, 4.69) is 10.0 Å². The maximum Gasteiger partial charge on any atom is 0.262 e. The van der Waals surface area contributed by atoms with Crippen molar-refractivity contribution < 1.29 is 13.2 Å². The molecule has 0 radical (unpaired) electrons. The van der Waals surface area contributed by atoms with Crippen LogP contribution in [0.3, 0.4) is 0 Å². The second-order valence-electron chi connectivity index (χ2n) is 7.00. The molecule has 2 aromatic rings. The normalized spacial score (nSPS) is 17.0. The van der Waals surface area contributed by atoms with Gasteiger partial charge in [-0.3, -0.25) is 9.52 Å². The third kappa shape index (κ3) is 4.84. The minimum absolute atomic E-state index is 0. The predicted octanol–water partition coefficient (Wildman–Crippen LogP) is 2.96. The maximum absolute atomic E-state index is 12.7. The fraction of sp³-hybridized carbons (Fsp3) is 0.350. The summed E-state index contributed by atoms with van der Waals surface area (Å²) in [6.07, 6.45) is 0. The van der Waals surface area contributed by atoms with E-state index in [-0.39, 0.29) is 29.3 Å². The van der Waals surface area contributed by atoms with Crippen LogP contribution in [0, 0.1) is 13.8 Å². The first-order valence-corrected chi connectivity index (χ1v) is 10.5. The first-order valence-electron chi connectivity index (χ1n) is 9.00. The lowest BCUT2D eigenvalue weighted by Gasteiger charge is -2.34. The second-order valence-corrected chi connectivity index (χ2v) is 8.65. The maximum atomic E-state index is 12.7. The van der Waals surface area contributed by atoms with E-state index in [1.165, 1.54) is 0 Å².